The topological polar surface area (TPSA) is 107 Å². The maximum Gasteiger partial charge on any atom is 0.269 e. The molecule has 1 atom stereocenters. The maximum atomic E-state index is 12.8. The number of nitro groups is 1. The second kappa shape index (κ2) is 5.08. The number of sulfonamides is 1. The molecule has 110 valence electrons. The van der Waals surface area contributed by atoms with Crippen molar-refractivity contribution in [2.24, 2.45) is 5.73 Å². The fourth-order valence-electron chi connectivity index (χ4n) is 2.06. The van der Waals surface area contributed by atoms with Gasteiger partial charge in [-0.2, -0.15) is 4.31 Å². The third-order valence-electron chi connectivity index (χ3n) is 3.30. The summed E-state index contributed by atoms with van der Waals surface area (Å²) in [5.74, 6) is 0. The van der Waals surface area contributed by atoms with E-state index < -0.39 is 27.2 Å². The third-order valence-corrected chi connectivity index (χ3v) is 5.16. The lowest BCUT2D eigenvalue weighted by molar-refractivity contribution is -0.384. The molecule has 0 spiro atoms. The number of non-ortho nitro benzene ring substituents is 1. The Kier molecular flexibility index (Phi) is 3.76. The van der Waals surface area contributed by atoms with Crippen LogP contribution in [-0.2, 0) is 10.0 Å². The molecule has 7 nitrogen and oxygen atoms in total. The zero-order chi connectivity index (χ0) is 15.0. The van der Waals surface area contributed by atoms with E-state index in [1.807, 2.05) is 0 Å². The second-order valence-electron chi connectivity index (χ2n) is 4.84. The van der Waals surface area contributed by atoms with Crippen LogP contribution in [-0.4, -0.2) is 42.9 Å². The van der Waals surface area contributed by atoms with Crippen molar-refractivity contribution < 1.29 is 17.7 Å². The van der Waals surface area contributed by atoms with E-state index in [1.165, 1.54) is 12.1 Å². The number of alkyl halides is 1. The lowest BCUT2D eigenvalue weighted by atomic mass is 10.0. The van der Waals surface area contributed by atoms with E-state index in [2.05, 4.69) is 0 Å². The van der Waals surface area contributed by atoms with Crippen LogP contribution in [0, 0.1) is 10.1 Å². The molecule has 1 aliphatic heterocycles. The van der Waals surface area contributed by atoms with Gasteiger partial charge < -0.3 is 5.73 Å². The fraction of sp³-hybridized carbons (Fsp3) is 0.455. The molecule has 1 aromatic carbocycles. The van der Waals surface area contributed by atoms with Crippen molar-refractivity contribution in [3.63, 3.8) is 0 Å². The lowest BCUT2D eigenvalue weighted by Gasteiger charge is -2.20. The Morgan fingerprint density at radius 3 is 2.45 bits per heavy atom. The molecule has 20 heavy (non-hydrogen) atoms. The predicted octanol–water partition coefficient (Wildman–Crippen LogP) is 0.656. The molecule has 0 radical (unpaired) electrons. The SMILES string of the molecule is NC1(CF)CCN(S(=O)(=O)c2ccc([N+](=O)[O-])cc2)C1. The molecule has 1 saturated heterocycles. The first-order valence-electron chi connectivity index (χ1n) is 5.88. The highest BCUT2D eigenvalue weighted by Crippen LogP contribution is 2.26. The number of halogens is 1. The largest absolute Gasteiger partial charge is 0.322 e. The highest BCUT2D eigenvalue weighted by Gasteiger charge is 2.40. The molecule has 9 heteroatoms. The van der Waals surface area contributed by atoms with Gasteiger partial charge in [-0.1, -0.05) is 0 Å². The second-order valence-corrected chi connectivity index (χ2v) is 6.77. The first-order chi connectivity index (χ1) is 9.28. The molecule has 0 bridgehead atoms. The van der Waals surface area contributed by atoms with Gasteiger partial charge in [0.2, 0.25) is 10.0 Å². The van der Waals surface area contributed by atoms with Crippen molar-refractivity contribution >= 4 is 15.7 Å². The number of rotatable bonds is 4. The normalized spacial score (nSPS) is 23.9. The number of benzene rings is 1. The molecule has 1 aromatic rings. The van der Waals surface area contributed by atoms with Gasteiger partial charge in [-0.05, 0) is 18.6 Å². The molecule has 1 fully saturated rings. The van der Waals surface area contributed by atoms with Crippen molar-refractivity contribution in [1.29, 1.82) is 0 Å². The molecule has 2 N–H and O–H groups in total. The van der Waals surface area contributed by atoms with Crippen LogP contribution in [0.25, 0.3) is 0 Å². The van der Waals surface area contributed by atoms with Crippen LogP contribution < -0.4 is 5.73 Å². The summed E-state index contributed by atoms with van der Waals surface area (Å²) in [6.07, 6.45) is 0.246. The van der Waals surface area contributed by atoms with Gasteiger partial charge in [-0.25, -0.2) is 12.8 Å². The van der Waals surface area contributed by atoms with Gasteiger partial charge in [0, 0.05) is 25.2 Å². The van der Waals surface area contributed by atoms with Crippen LogP contribution in [0.5, 0.6) is 0 Å². The molecule has 0 saturated carbocycles. The minimum absolute atomic E-state index is 0.0637. The van der Waals surface area contributed by atoms with Gasteiger partial charge in [0.1, 0.15) is 6.67 Å². The number of nitrogens with two attached hydrogens (primary N) is 1. The molecule has 1 heterocycles. The standard InChI is InChI=1S/C11H14FN3O4S/c12-7-11(13)5-6-14(8-11)20(18,19)10-3-1-9(2-4-10)15(16)17/h1-4H,5-8,13H2. The van der Waals surface area contributed by atoms with Crippen molar-refractivity contribution in [3.8, 4) is 0 Å². The quantitative estimate of drug-likeness (QED) is 0.649. The monoisotopic (exact) mass is 303 g/mol. The fourth-order valence-corrected chi connectivity index (χ4v) is 3.60. The molecular weight excluding hydrogens is 289 g/mol. The van der Waals surface area contributed by atoms with Crippen molar-refractivity contribution in [1.82, 2.24) is 4.31 Å². The van der Waals surface area contributed by atoms with Crippen LogP contribution >= 0.6 is 0 Å². The van der Waals surface area contributed by atoms with Gasteiger partial charge in [-0.15, -0.1) is 0 Å². The van der Waals surface area contributed by atoms with Crippen LogP contribution in [0.4, 0.5) is 10.1 Å². The molecule has 1 aliphatic rings. The summed E-state index contributed by atoms with van der Waals surface area (Å²) >= 11 is 0. The Labute approximate surface area is 115 Å². The van der Waals surface area contributed by atoms with E-state index in [1.54, 1.807) is 0 Å². The Morgan fingerprint density at radius 2 is 2.00 bits per heavy atom. The molecular formula is C11H14FN3O4S. The Bertz CT molecular complexity index is 619. The van der Waals surface area contributed by atoms with E-state index in [9.17, 15) is 22.9 Å². The maximum absolute atomic E-state index is 12.8. The third kappa shape index (κ3) is 2.65. The highest BCUT2D eigenvalue weighted by molar-refractivity contribution is 7.89. The number of nitrogens with zero attached hydrogens (tertiary/aromatic N) is 2. The summed E-state index contributed by atoms with van der Waals surface area (Å²) in [5, 5.41) is 10.5. The van der Waals surface area contributed by atoms with Gasteiger partial charge >= 0.3 is 0 Å². The molecule has 0 amide bonds. The van der Waals surface area contributed by atoms with Crippen LogP contribution in [0.3, 0.4) is 0 Å². The van der Waals surface area contributed by atoms with Crippen molar-refractivity contribution in [3.05, 3.63) is 34.4 Å². The van der Waals surface area contributed by atoms with Gasteiger partial charge in [0.25, 0.3) is 5.69 Å². The van der Waals surface area contributed by atoms with Crippen molar-refractivity contribution in [2.45, 2.75) is 16.9 Å². The summed E-state index contributed by atoms with van der Waals surface area (Å²) < 4.78 is 38.5. The summed E-state index contributed by atoms with van der Waals surface area (Å²) in [6.45, 7) is -0.748. The highest BCUT2D eigenvalue weighted by atomic mass is 32.2. The average molecular weight is 303 g/mol. The summed E-state index contributed by atoms with van der Waals surface area (Å²) in [7, 11) is -3.80. The minimum Gasteiger partial charge on any atom is -0.322 e. The van der Waals surface area contributed by atoms with Gasteiger partial charge in [0.05, 0.1) is 15.4 Å². The molecule has 1 unspecified atom stereocenters. The average Bonchev–Trinajstić information content (AvgIpc) is 2.83. The zero-order valence-corrected chi connectivity index (χ0v) is 11.3. The van der Waals surface area contributed by atoms with Crippen LogP contribution in [0.15, 0.2) is 29.2 Å². The molecule has 2 rings (SSSR count). The van der Waals surface area contributed by atoms with Crippen LogP contribution in [0.1, 0.15) is 6.42 Å². The Balaban J connectivity index is 2.25. The lowest BCUT2D eigenvalue weighted by Crippen LogP contribution is -2.45. The smallest absolute Gasteiger partial charge is 0.269 e. The first kappa shape index (κ1) is 14.8. The Hall–Kier alpha value is -1.58. The summed E-state index contributed by atoms with van der Waals surface area (Å²) in [6, 6.07) is 4.57. The van der Waals surface area contributed by atoms with Gasteiger partial charge in [-0.3, -0.25) is 10.1 Å². The summed E-state index contributed by atoms with van der Waals surface area (Å²) in [4.78, 5) is 9.86. The van der Waals surface area contributed by atoms with E-state index in [4.69, 9.17) is 5.73 Å². The van der Waals surface area contributed by atoms with Crippen LogP contribution in [0.2, 0.25) is 0 Å². The number of hydrogen-bond acceptors (Lipinski definition) is 5. The predicted molar refractivity (Wildman–Crippen MR) is 69.4 cm³/mol. The van der Waals surface area contributed by atoms with Crippen molar-refractivity contribution in [2.75, 3.05) is 19.8 Å². The van der Waals surface area contributed by atoms with Gasteiger partial charge in [0.15, 0.2) is 0 Å². The molecule has 0 aliphatic carbocycles. The minimum atomic E-state index is -3.80. The number of hydrogen-bond donors (Lipinski definition) is 1. The zero-order valence-electron chi connectivity index (χ0n) is 10.5. The van der Waals surface area contributed by atoms with E-state index >= 15 is 0 Å². The molecule has 0 aromatic heterocycles. The van der Waals surface area contributed by atoms with E-state index in [0.29, 0.717) is 0 Å². The number of nitro benzene ring substituents is 1. The first-order valence-corrected chi connectivity index (χ1v) is 7.32. The van der Waals surface area contributed by atoms with E-state index in [-0.39, 0.29) is 30.1 Å². The summed E-state index contributed by atoms with van der Waals surface area (Å²) in [5.41, 5.74) is 4.38. The Morgan fingerprint density at radius 1 is 1.40 bits per heavy atom. The van der Waals surface area contributed by atoms with E-state index in [0.717, 1.165) is 16.4 Å².